The van der Waals surface area contributed by atoms with E-state index >= 15 is 0 Å². The van der Waals surface area contributed by atoms with Gasteiger partial charge in [0.1, 0.15) is 0 Å². The fraction of sp³-hybridized carbons (Fsp3) is 0.769. The molecule has 1 aliphatic rings. The van der Waals surface area contributed by atoms with Crippen molar-refractivity contribution in [3.8, 4) is 0 Å². The lowest BCUT2D eigenvalue weighted by Crippen LogP contribution is -2.36. The van der Waals surface area contributed by atoms with Crippen LogP contribution in [0, 0.1) is 0 Å². The van der Waals surface area contributed by atoms with Gasteiger partial charge in [0.15, 0.2) is 5.13 Å². The summed E-state index contributed by atoms with van der Waals surface area (Å²) in [4.78, 5) is 8.18. The summed E-state index contributed by atoms with van der Waals surface area (Å²) in [5.74, 6) is 0. The summed E-state index contributed by atoms with van der Waals surface area (Å²) in [5, 5.41) is 4.55. The molecule has 0 bridgehead atoms. The highest BCUT2D eigenvalue weighted by Gasteiger charge is 2.21. The zero-order chi connectivity index (χ0) is 13.0. The van der Waals surface area contributed by atoms with E-state index < -0.39 is 0 Å². The predicted molar refractivity (Wildman–Crippen MR) is 76.4 cm³/mol. The van der Waals surface area contributed by atoms with Crippen molar-refractivity contribution in [2.24, 2.45) is 0 Å². The van der Waals surface area contributed by atoms with Gasteiger partial charge in [-0.25, -0.2) is 4.98 Å². The summed E-state index contributed by atoms with van der Waals surface area (Å²) in [6.07, 6.45) is 4.21. The number of anilines is 1. The first-order valence-corrected chi connectivity index (χ1v) is 7.53. The molecule has 4 nitrogen and oxygen atoms in total. The van der Waals surface area contributed by atoms with Gasteiger partial charge in [-0.15, -0.1) is 11.3 Å². The van der Waals surface area contributed by atoms with Gasteiger partial charge in [0.2, 0.25) is 0 Å². The van der Waals surface area contributed by atoms with Gasteiger partial charge >= 0.3 is 0 Å². The first-order chi connectivity index (χ1) is 8.72. The Bertz CT molecular complexity index is 363. The number of thiazole rings is 1. The van der Waals surface area contributed by atoms with E-state index in [9.17, 15) is 0 Å². The van der Waals surface area contributed by atoms with Crippen LogP contribution in [-0.2, 0) is 4.74 Å². The van der Waals surface area contributed by atoms with Crippen molar-refractivity contribution in [1.29, 1.82) is 0 Å². The molecular formula is C13H23N3OS. The lowest BCUT2D eigenvalue weighted by Gasteiger charge is -2.30. The molecule has 5 heteroatoms. The minimum atomic E-state index is 0.393. The second-order valence-electron chi connectivity index (χ2n) is 4.78. The van der Waals surface area contributed by atoms with E-state index in [0.717, 1.165) is 37.7 Å². The molecule has 0 aliphatic carbocycles. The fourth-order valence-electron chi connectivity index (χ4n) is 2.28. The monoisotopic (exact) mass is 269 g/mol. The van der Waals surface area contributed by atoms with Crippen LogP contribution >= 0.6 is 11.3 Å². The second kappa shape index (κ2) is 6.50. The number of aromatic nitrogens is 1. The molecule has 1 unspecified atom stereocenters. The Labute approximate surface area is 113 Å². The van der Waals surface area contributed by atoms with E-state index in [2.05, 4.69) is 36.1 Å². The average molecular weight is 269 g/mol. The van der Waals surface area contributed by atoms with E-state index in [1.54, 1.807) is 11.3 Å². The maximum absolute atomic E-state index is 5.41. The first-order valence-electron chi connectivity index (χ1n) is 6.72. The Morgan fingerprint density at radius 3 is 2.94 bits per heavy atom. The van der Waals surface area contributed by atoms with Gasteiger partial charge in [0.05, 0.1) is 0 Å². The summed E-state index contributed by atoms with van der Waals surface area (Å²) in [5.41, 5.74) is 0. The van der Waals surface area contributed by atoms with Crippen LogP contribution in [0.3, 0.4) is 0 Å². The molecule has 1 aromatic rings. The second-order valence-corrected chi connectivity index (χ2v) is 5.82. The molecule has 1 aliphatic heterocycles. The van der Waals surface area contributed by atoms with E-state index in [-0.39, 0.29) is 0 Å². The third kappa shape index (κ3) is 3.22. The highest BCUT2D eigenvalue weighted by molar-refractivity contribution is 7.15. The molecule has 1 fully saturated rings. The lowest BCUT2D eigenvalue weighted by molar-refractivity contribution is 0.0855. The van der Waals surface area contributed by atoms with E-state index in [0.29, 0.717) is 12.1 Å². The van der Waals surface area contributed by atoms with E-state index in [4.69, 9.17) is 4.74 Å². The van der Waals surface area contributed by atoms with Crippen LogP contribution < -0.4 is 10.2 Å². The Morgan fingerprint density at radius 2 is 2.28 bits per heavy atom. The van der Waals surface area contributed by atoms with Crippen LogP contribution in [0.1, 0.15) is 37.6 Å². The van der Waals surface area contributed by atoms with Gasteiger partial charge in [0.25, 0.3) is 0 Å². The van der Waals surface area contributed by atoms with Crippen LogP contribution in [0.25, 0.3) is 0 Å². The summed E-state index contributed by atoms with van der Waals surface area (Å²) in [6.45, 7) is 7.06. The Kier molecular flexibility index (Phi) is 4.97. The van der Waals surface area contributed by atoms with Crippen LogP contribution in [0.2, 0.25) is 0 Å². The van der Waals surface area contributed by atoms with Crippen molar-refractivity contribution < 1.29 is 4.74 Å². The number of ether oxygens (including phenoxy) is 1. The minimum Gasteiger partial charge on any atom is -0.381 e. The highest BCUT2D eigenvalue weighted by atomic mass is 32.1. The van der Waals surface area contributed by atoms with Gasteiger partial charge in [-0.1, -0.05) is 6.92 Å². The summed E-state index contributed by atoms with van der Waals surface area (Å²) in [7, 11) is 2.15. The standard InChI is InChI=1S/C13H23N3OS/c1-4-14-10(2)12-9-15-13(18-12)16(3)11-5-7-17-8-6-11/h9-11,14H,4-8H2,1-3H3. The number of nitrogens with zero attached hydrogens (tertiary/aromatic N) is 2. The fourth-order valence-corrected chi connectivity index (χ4v) is 3.25. The van der Waals surface area contributed by atoms with Gasteiger partial charge in [-0.3, -0.25) is 0 Å². The zero-order valence-electron chi connectivity index (χ0n) is 11.5. The van der Waals surface area contributed by atoms with Crippen LogP contribution in [0.15, 0.2) is 6.20 Å². The molecule has 2 rings (SSSR count). The van der Waals surface area contributed by atoms with Crippen molar-refractivity contribution >= 4 is 16.5 Å². The van der Waals surface area contributed by atoms with Crippen molar-refractivity contribution in [1.82, 2.24) is 10.3 Å². The lowest BCUT2D eigenvalue weighted by atomic mass is 10.1. The number of hydrogen-bond acceptors (Lipinski definition) is 5. The molecule has 18 heavy (non-hydrogen) atoms. The largest absolute Gasteiger partial charge is 0.381 e. The van der Waals surface area contributed by atoms with Crippen molar-refractivity contribution in [3.63, 3.8) is 0 Å². The molecule has 0 radical (unpaired) electrons. The maximum atomic E-state index is 5.41. The molecule has 1 atom stereocenters. The molecular weight excluding hydrogens is 246 g/mol. The van der Waals surface area contributed by atoms with Crippen LogP contribution in [0.5, 0.6) is 0 Å². The van der Waals surface area contributed by atoms with E-state index in [1.165, 1.54) is 4.88 Å². The van der Waals surface area contributed by atoms with Crippen molar-refractivity contribution in [3.05, 3.63) is 11.1 Å². The van der Waals surface area contributed by atoms with Crippen molar-refractivity contribution in [2.75, 3.05) is 31.7 Å². The number of hydrogen-bond donors (Lipinski definition) is 1. The zero-order valence-corrected chi connectivity index (χ0v) is 12.3. The first kappa shape index (κ1) is 13.8. The average Bonchev–Trinajstić information content (AvgIpc) is 2.89. The summed E-state index contributed by atoms with van der Waals surface area (Å²) in [6, 6.07) is 0.969. The normalized spacial score (nSPS) is 18.8. The third-order valence-electron chi connectivity index (χ3n) is 3.49. The molecule has 1 N–H and O–H groups in total. The van der Waals surface area contributed by atoms with Gasteiger partial charge in [-0.2, -0.15) is 0 Å². The Balaban J connectivity index is 1.99. The quantitative estimate of drug-likeness (QED) is 0.891. The van der Waals surface area contributed by atoms with Crippen molar-refractivity contribution in [2.45, 2.75) is 38.8 Å². The third-order valence-corrected chi connectivity index (χ3v) is 4.76. The molecule has 0 saturated carbocycles. The highest BCUT2D eigenvalue weighted by Crippen LogP contribution is 2.29. The molecule has 0 amide bonds. The Morgan fingerprint density at radius 1 is 1.56 bits per heavy atom. The smallest absolute Gasteiger partial charge is 0.185 e. The molecule has 1 saturated heterocycles. The van der Waals surface area contributed by atoms with Gasteiger partial charge in [-0.05, 0) is 26.3 Å². The molecule has 0 aromatic carbocycles. The molecule has 102 valence electrons. The predicted octanol–water partition coefficient (Wildman–Crippen LogP) is 2.43. The minimum absolute atomic E-state index is 0.393. The number of nitrogens with one attached hydrogen (secondary N) is 1. The van der Waals surface area contributed by atoms with Crippen LogP contribution in [0.4, 0.5) is 5.13 Å². The number of rotatable bonds is 5. The summed E-state index contributed by atoms with van der Waals surface area (Å²) < 4.78 is 5.41. The summed E-state index contributed by atoms with van der Waals surface area (Å²) >= 11 is 1.79. The van der Waals surface area contributed by atoms with E-state index in [1.807, 2.05) is 6.20 Å². The van der Waals surface area contributed by atoms with Gasteiger partial charge < -0.3 is 15.0 Å². The molecule has 1 aromatic heterocycles. The van der Waals surface area contributed by atoms with Gasteiger partial charge in [0, 0.05) is 43.4 Å². The Hall–Kier alpha value is -0.650. The molecule has 0 spiro atoms. The maximum Gasteiger partial charge on any atom is 0.185 e. The topological polar surface area (TPSA) is 37.4 Å². The van der Waals surface area contributed by atoms with Crippen LogP contribution in [-0.4, -0.2) is 37.8 Å². The SMILES string of the molecule is CCNC(C)c1cnc(N(C)C2CCOCC2)s1. The molecule has 2 heterocycles.